The number of aryl methyl sites for hydroxylation is 2. The molecule has 0 spiro atoms. The lowest BCUT2D eigenvalue weighted by Gasteiger charge is -2.14. The van der Waals surface area contributed by atoms with Gasteiger partial charge in [0.15, 0.2) is 0 Å². The van der Waals surface area contributed by atoms with E-state index >= 15 is 0 Å². The van der Waals surface area contributed by atoms with Crippen LogP contribution in [-0.4, -0.2) is 4.98 Å². The van der Waals surface area contributed by atoms with Gasteiger partial charge >= 0.3 is 0 Å². The van der Waals surface area contributed by atoms with E-state index < -0.39 is 0 Å². The van der Waals surface area contributed by atoms with Crippen molar-refractivity contribution in [3.63, 3.8) is 0 Å². The van der Waals surface area contributed by atoms with Crippen LogP contribution in [0.1, 0.15) is 41.6 Å². The molecule has 1 atom stereocenters. The molecule has 94 valence electrons. The first-order valence-corrected chi connectivity index (χ1v) is 6.46. The fourth-order valence-electron chi connectivity index (χ4n) is 2.17. The van der Waals surface area contributed by atoms with Crippen LogP contribution in [0.5, 0.6) is 0 Å². The molecule has 0 bridgehead atoms. The Hall–Kier alpha value is -1.67. The van der Waals surface area contributed by atoms with Gasteiger partial charge in [-0.25, -0.2) is 0 Å². The fourth-order valence-corrected chi connectivity index (χ4v) is 2.17. The first kappa shape index (κ1) is 12.8. The number of pyridine rings is 1. The number of hydrogen-bond donors (Lipinski definition) is 1. The minimum absolute atomic E-state index is 0.0887. The normalized spacial score (nSPS) is 12.4. The summed E-state index contributed by atoms with van der Waals surface area (Å²) in [4.78, 5) is 4.21. The zero-order valence-corrected chi connectivity index (χ0v) is 11.1. The molecule has 2 rings (SSSR count). The third-order valence-electron chi connectivity index (χ3n) is 3.10. The topological polar surface area (TPSA) is 38.9 Å². The summed E-state index contributed by atoms with van der Waals surface area (Å²) >= 11 is 0. The van der Waals surface area contributed by atoms with Crippen molar-refractivity contribution in [1.82, 2.24) is 4.98 Å². The molecule has 0 aliphatic carbocycles. The number of nitrogens with two attached hydrogens (primary N) is 1. The van der Waals surface area contributed by atoms with Gasteiger partial charge in [0.25, 0.3) is 0 Å². The van der Waals surface area contributed by atoms with E-state index in [2.05, 4.69) is 42.2 Å². The van der Waals surface area contributed by atoms with Crippen LogP contribution >= 0.6 is 0 Å². The lowest BCUT2D eigenvalue weighted by Crippen LogP contribution is -2.12. The number of aromatic nitrogens is 1. The Kier molecular flexibility index (Phi) is 4.11. The van der Waals surface area contributed by atoms with Crippen molar-refractivity contribution < 1.29 is 0 Å². The third kappa shape index (κ3) is 2.96. The Morgan fingerprint density at radius 2 is 2.00 bits per heavy atom. The molecule has 0 radical (unpaired) electrons. The Labute approximate surface area is 109 Å². The summed E-state index contributed by atoms with van der Waals surface area (Å²) in [5.41, 5.74) is 11.0. The van der Waals surface area contributed by atoms with Crippen LogP contribution in [0.4, 0.5) is 0 Å². The summed E-state index contributed by atoms with van der Waals surface area (Å²) in [6.45, 7) is 4.23. The fraction of sp³-hybridized carbons (Fsp3) is 0.312. The van der Waals surface area contributed by atoms with Crippen molar-refractivity contribution in [1.29, 1.82) is 0 Å². The van der Waals surface area contributed by atoms with Crippen molar-refractivity contribution in [3.05, 3.63) is 65.0 Å². The van der Waals surface area contributed by atoms with E-state index in [4.69, 9.17) is 5.73 Å². The molecule has 0 saturated heterocycles. The predicted molar refractivity (Wildman–Crippen MR) is 75.4 cm³/mol. The third-order valence-corrected chi connectivity index (χ3v) is 3.10. The van der Waals surface area contributed by atoms with Gasteiger partial charge in [-0.1, -0.05) is 43.7 Å². The molecule has 0 aliphatic rings. The summed E-state index contributed by atoms with van der Waals surface area (Å²) in [5, 5.41) is 0. The average molecular weight is 240 g/mol. The number of nitrogens with zero attached hydrogens (tertiary/aromatic N) is 1. The van der Waals surface area contributed by atoms with Crippen LogP contribution in [0.2, 0.25) is 0 Å². The minimum Gasteiger partial charge on any atom is -0.320 e. The van der Waals surface area contributed by atoms with Crippen molar-refractivity contribution in [2.24, 2.45) is 5.73 Å². The quantitative estimate of drug-likeness (QED) is 0.889. The molecule has 2 heteroatoms. The van der Waals surface area contributed by atoms with E-state index in [1.165, 1.54) is 5.56 Å². The highest BCUT2D eigenvalue weighted by Gasteiger charge is 2.09. The Balaban J connectivity index is 2.27. The second-order valence-corrected chi connectivity index (χ2v) is 4.77. The van der Waals surface area contributed by atoms with Gasteiger partial charge in [-0.05, 0) is 35.6 Å². The number of benzene rings is 1. The largest absolute Gasteiger partial charge is 0.320 e. The van der Waals surface area contributed by atoms with Gasteiger partial charge in [0.1, 0.15) is 0 Å². The monoisotopic (exact) mass is 240 g/mol. The molecule has 2 aromatic rings. The average Bonchev–Trinajstić information content (AvgIpc) is 2.39. The standard InChI is InChI=1S/C16H20N2/c1-3-5-13-6-4-7-14(9-13)16(17)15-8-12(2)10-18-11-15/h4,6-11,16H,3,5,17H2,1-2H3. The number of rotatable bonds is 4. The Bertz CT molecular complexity index is 520. The van der Waals surface area contributed by atoms with Crippen molar-refractivity contribution in [2.75, 3.05) is 0 Å². The second kappa shape index (κ2) is 5.78. The highest BCUT2D eigenvalue weighted by Crippen LogP contribution is 2.21. The molecule has 1 heterocycles. The lowest BCUT2D eigenvalue weighted by molar-refractivity contribution is 0.850. The molecular formula is C16H20N2. The molecule has 0 fully saturated rings. The number of hydrogen-bond acceptors (Lipinski definition) is 2. The van der Waals surface area contributed by atoms with Crippen LogP contribution in [0, 0.1) is 6.92 Å². The molecular weight excluding hydrogens is 220 g/mol. The van der Waals surface area contributed by atoms with E-state index in [1.54, 1.807) is 0 Å². The van der Waals surface area contributed by atoms with E-state index in [0.29, 0.717) is 0 Å². The van der Waals surface area contributed by atoms with Crippen molar-refractivity contribution in [2.45, 2.75) is 32.7 Å². The van der Waals surface area contributed by atoms with E-state index in [9.17, 15) is 0 Å². The zero-order chi connectivity index (χ0) is 13.0. The van der Waals surface area contributed by atoms with Crippen LogP contribution < -0.4 is 5.73 Å². The maximum absolute atomic E-state index is 6.31. The molecule has 0 saturated carbocycles. The summed E-state index contributed by atoms with van der Waals surface area (Å²) < 4.78 is 0. The minimum atomic E-state index is -0.0887. The predicted octanol–water partition coefficient (Wildman–Crippen LogP) is 3.39. The first-order chi connectivity index (χ1) is 8.70. The van der Waals surface area contributed by atoms with Gasteiger partial charge in [-0.3, -0.25) is 4.98 Å². The van der Waals surface area contributed by atoms with Gasteiger partial charge in [0.2, 0.25) is 0 Å². The molecule has 18 heavy (non-hydrogen) atoms. The summed E-state index contributed by atoms with van der Waals surface area (Å²) in [7, 11) is 0. The zero-order valence-electron chi connectivity index (χ0n) is 11.1. The Morgan fingerprint density at radius 3 is 2.72 bits per heavy atom. The molecule has 1 aromatic heterocycles. The highest BCUT2D eigenvalue weighted by atomic mass is 14.7. The summed E-state index contributed by atoms with van der Waals surface area (Å²) in [6, 6.07) is 10.6. The first-order valence-electron chi connectivity index (χ1n) is 6.46. The second-order valence-electron chi connectivity index (χ2n) is 4.77. The SMILES string of the molecule is CCCc1cccc(C(N)c2cncc(C)c2)c1. The molecule has 2 nitrogen and oxygen atoms in total. The van der Waals surface area contributed by atoms with Crippen LogP contribution in [0.15, 0.2) is 42.7 Å². The maximum Gasteiger partial charge on any atom is 0.0567 e. The molecule has 1 aromatic carbocycles. The lowest BCUT2D eigenvalue weighted by atomic mass is 9.97. The maximum atomic E-state index is 6.31. The van der Waals surface area contributed by atoms with E-state index in [1.807, 2.05) is 19.3 Å². The summed E-state index contributed by atoms with van der Waals surface area (Å²) in [5.74, 6) is 0. The van der Waals surface area contributed by atoms with Crippen molar-refractivity contribution in [3.8, 4) is 0 Å². The highest BCUT2D eigenvalue weighted by molar-refractivity contribution is 5.33. The Morgan fingerprint density at radius 1 is 1.17 bits per heavy atom. The molecule has 0 amide bonds. The van der Waals surface area contributed by atoms with Crippen LogP contribution in [0.3, 0.4) is 0 Å². The molecule has 1 unspecified atom stereocenters. The molecule has 0 aliphatic heterocycles. The van der Waals surface area contributed by atoms with Gasteiger partial charge in [0.05, 0.1) is 6.04 Å². The van der Waals surface area contributed by atoms with Gasteiger partial charge < -0.3 is 5.73 Å². The van der Waals surface area contributed by atoms with Crippen LogP contribution in [-0.2, 0) is 6.42 Å². The van der Waals surface area contributed by atoms with Crippen molar-refractivity contribution >= 4 is 0 Å². The van der Waals surface area contributed by atoms with Gasteiger partial charge in [0, 0.05) is 12.4 Å². The van der Waals surface area contributed by atoms with Gasteiger partial charge in [-0.15, -0.1) is 0 Å². The van der Waals surface area contributed by atoms with E-state index in [0.717, 1.165) is 29.5 Å². The molecule has 2 N–H and O–H groups in total. The van der Waals surface area contributed by atoms with E-state index in [-0.39, 0.29) is 6.04 Å². The summed E-state index contributed by atoms with van der Waals surface area (Å²) in [6.07, 6.45) is 5.96. The van der Waals surface area contributed by atoms with Crippen LogP contribution in [0.25, 0.3) is 0 Å². The smallest absolute Gasteiger partial charge is 0.0567 e. The van der Waals surface area contributed by atoms with Gasteiger partial charge in [-0.2, -0.15) is 0 Å².